The number of unbranched alkanes of at least 4 members (excludes halogenated alkanes) is 1. The van der Waals surface area contributed by atoms with Crippen LogP contribution < -0.4 is 5.73 Å². The van der Waals surface area contributed by atoms with Crippen molar-refractivity contribution in [3.8, 4) is 0 Å². The SMILES string of the molecule is CCCCC1CCC(C(N)c2csc3ccccc23)CC1. The van der Waals surface area contributed by atoms with Crippen molar-refractivity contribution in [2.24, 2.45) is 17.6 Å². The number of hydrogen-bond donors (Lipinski definition) is 1. The molecule has 21 heavy (non-hydrogen) atoms. The van der Waals surface area contributed by atoms with Gasteiger partial charge in [0.2, 0.25) is 0 Å². The average Bonchev–Trinajstić information content (AvgIpc) is 2.97. The molecule has 1 aliphatic rings. The Bertz CT molecular complexity index is 566. The van der Waals surface area contributed by atoms with Crippen LogP contribution in [0.3, 0.4) is 0 Å². The van der Waals surface area contributed by atoms with Gasteiger partial charge in [0.05, 0.1) is 0 Å². The Labute approximate surface area is 132 Å². The van der Waals surface area contributed by atoms with Gasteiger partial charge in [-0.05, 0) is 47.1 Å². The minimum atomic E-state index is 0.230. The van der Waals surface area contributed by atoms with E-state index in [9.17, 15) is 0 Å². The molecule has 0 amide bonds. The largest absolute Gasteiger partial charge is 0.324 e. The van der Waals surface area contributed by atoms with E-state index in [-0.39, 0.29) is 6.04 Å². The molecule has 1 fully saturated rings. The normalized spacial score (nSPS) is 24.3. The average molecular weight is 301 g/mol. The van der Waals surface area contributed by atoms with E-state index in [0.29, 0.717) is 5.92 Å². The van der Waals surface area contributed by atoms with E-state index >= 15 is 0 Å². The van der Waals surface area contributed by atoms with Crippen molar-refractivity contribution in [2.45, 2.75) is 57.9 Å². The Hall–Kier alpha value is -0.860. The van der Waals surface area contributed by atoms with Crippen molar-refractivity contribution in [2.75, 3.05) is 0 Å². The van der Waals surface area contributed by atoms with Crippen LogP contribution in [0.15, 0.2) is 29.6 Å². The lowest BCUT2D eigenvalue weighted by molar-refractivity contribution is 0.233. The molecule has 1 aromatic heterocycles. The second-order valence-electron chi connectivity index (χ2n) is 6.64. The number of benzene rings is 1. The van der Waals surface area contributed by atoms with Gasteiger partial charge in [-0.3, -0.25) is 0 Å². The van der Waals surface area contributed by atoms with Crippen molar-refractivity contribution in [1.29, 1.82) is 0 Å². The lowest BCUT2D eigenvalue weighted by Gasteiger charge is -2.32. The molecule has 3 rings (SSSR count). The summed E-state index contributed by atoms with van der Waals surface area (Å²) in [7, 11) is 0. The molecule has 1 aromatic carbocycles. The van der Waals surface area contributed by atoms with Crippen LogP contribution in [0.25, 0.3) is 10.1 Å². The molecular formula is C19H27NS. The molecule has 1 nitrogen and oxygen atoms in total. The zero-order chi connectivity index (χ0) is 14.7. The van der Waals surface area contributed by atoms with Gasteiger partial charge in [-0.1, -0.05) is 57.2 Å². The second kappa shape index (κ2) is 6.93. The van der Waals surface area contributed by atoms with Crippen LogP contribution in [0, 0.1) is 11.8 Å². The number of thiophene rings is 1. The zero-order valence-corrected chi connectivity index (χ0v) is 13.9. The first-order valence-electron chi connectivity index (χ1n) is 8.51. The number of nitrogens with two attached hydrogens (primary N) is 1. The lowest BCUT2D eigenvalue weighted by atomic mass is 9.75. The fourth-order valence-corrected chi connectivity index (χ4v) is 4.85. The minimum absolute atomic E-state index is 0.230. The number of fused-ring (bicyclic) bond motifs is 1. The molecule has 0 bridgehead atoms. The second-order valence-corrected chi connectivity index (χ2v) is 7.55. The third kappa shape index (κ3) is 3.32. The van der Waals surface area contributed by atoms with Gasteiger partial charge in [0.15, 0.2) is 0 Å². The maximum Gasteiger partial charge on any atom is 0.0346 e. The first-order chi connectivity index (χ1) is 10.3. The molecule has 1 unspecified atom stereocenters. The molecule has 0 spiro atoms. The van der Waals surface area contributed by atoms with Gasteiger partial charge in [0, 0.05) is 10.7 Å². The highest BCUT2D eigenvalue weighted by Gasteiger charge is 2.27. The highest BCUT2D eigenvalue weighted by atomic mass is 32.1. The predicted octanol–water partition coefficient (Wildman–Crippen LogP) is 5.90. The Morgan fingerprint density at radius 1 is 1.19 bits per heavy atom. The summed E-state index contributed by atoms with van der Waals surface area (Å²) in [6.07, 6.45) is 9.58. The minimum Gasteiger partial charge on any atom is -0.324 e. The molecule has 1 atom stereocenters. The number of rotatable bonds is 5. The van der Waals surface area contributed by atoms with Gasteiger partial charge in [0.1, 0.15) is 0 Å². The van der Waals surface area contributed by atoms with E-state index in [1.54, 1.807) is 0 Å². The van der Waals surface area contributed by atoms with Crippen LogP contribution in [0.5, 0.6) is 0 Å². The van der Waals surface area contributed by atoms with E-state index in [1.165, 1.54) is 60.6 Å². The molecule has 1 aliphatic carbocycles. The summed E-state index contributed by atoms with van der Waals surface area (Å²) in [4.78, 5) is 0. The van der Waals surface area contributed by atoms with Gasteiger partial charge in [0.25, 0.3) is 0 Å². The highest BCUT2D eigenvalue weighted by Crippen LogP contribution is 2.40. The van der Waals surface area contributed by atoms with Gasteiger partial charge in [-0.25, -0.2) is 0 Å². The summed E-state index contributed by atoms with van der Waals surface area (Å²) >= 11 is 1.84. The summed E-state index contributed by atoms with van der Waals surface area (Å²) in [6, 6.07) is 8.92. The van der Waals surface area contributed by atoms with Crippen LogP contribution in [0.2, 0.25) is 0 Å². The molecule has 2 heteroatoms. The maximum atomic E-state index is 6.63. The summed E-state index contributed by atoms with van der Waals surface area (Å²) in [5.74, 6) is 1.65. The van der Waals surface area contributed by atoms with Crippen molar-refractivity contribution < 1.29 is 0 Å². The van der Waals surface area contributed by atoms with Gasteiger partial charge >= 0.3 is 0 Å². The first-order valence-corrected chi connectivity index (χ1v) is 9.39. The number of hydrogen-bond acceptors (Lipinski definition) is 2. The highest BCUT2D eigenvalue weighted by molar-refractivity contribution is 7.17. The van der Waals surface area contributed by atoms with E-state index < -0.39 is 0 Å². The molecule has 0 radical (unpaired) electrons. The Morgan fingerprint density at radius 3 is 2.71 bits per heavy atom. The van der Waals surface area contributed by atoms with E-state index in [2.05, 4.69) is 36.6 Å². The van der Waals surface area contributed by atoms with E-state index in [1.807, 2.05) is 11.3 Å². The van der Waals surface area contributed by atoms with Gasteiger partial charge in [-0.15, -0.1) is 11.3 Å². The summed E-state index contributed by atoms with van der Waals surface area (Å²) < 4.78 is 1.37. The van der Waals surface area contributed by atoms with Crippen molar-refractivity contribution in [1.82, 2.24) is 0 Å². The van der Waals surface area contributed by atoms with Crippen molar-refractivity contribution in [3.05, 3.63) is 35.2 Å². The standard InChI is InChI=1S/C19H27NS/c1-2-3-6-14-9-11-15(12-10-14)19(20)17-13-21-18-8-5-4-7-16(17)18/h4-5,7-8,13-15,19H,2-3,6,9-12,20H2,1H3. The topological polar surface area (TPSA) is 26.0 Å². The van der Waals surface area contributed by atoms with Gasteiger partial charge in [-0.2, -0.15) is 0 Å². The molecule has 0 saturated heterocycles. The predicted molar refractivity (Wildman–Crippen MR) is 93.7 cm³/mol. The molecule has 0 aliphatic heterocycles. The molecule has 1 saturated carbocycles. The summed E-state index contributed by atoms with van der Waals surface area (Å²) in [5, 5.41) is 3.67. The fourth-order valence-electron chi connectivity index (χ4n) is 3.84. The Balaban J connectivity index is 1.65. The quantitative estimate of drug-likeness (QED) is 0.731. The smallest absolute Gasteiger partial charge is 0.0346 e. The lowest BCUT2D eigenvalue weighted by Crippen LogP contribution is -2.25. The van der Waals surface area contributed by atoms with Crippen LogP contribution in [0.1, 0.15) is 63.5 Å². The van der Waals surface area contributed by atoms with Crippen molar-refractivity contribution >= 4 is 21.4 Å². The van der Waals surface area contributed by atoms with E-state index in [4.69, 9.17) is 5.73 Å². The molecule has 1 heterocycles. The molecule has 2 aromatic rings. The monoisotopic (exact) mass is 301 g/mol. The van der Waals surface area contributed by atoms with Gasteiger partial charge < -0.3 is 5.73 Å². The zero-order valence-electron chi connectivity index (χ0n) is 13.1. The summed E-state index contributed by atoms with van der Waals surface area (Å²) in [5.41, 5.74) is 8.01. The van der Waals surface area contributed by atoms with E-state index in [0.717, 1.165) is 5.92 Å². The van der Waals surface area contributed by atoms with Crippen LogP contribution >= 0.6 is 11.3 Å². The maximum absolute atomic E-state index is 6.63. The Morgan fingerprint density at radius 2 is 1.95 bits per heavy atom. The van der Waals surface area contributed by atoms with Crippen molar-refractivity contribution in [3.63, 3.8) is 0 Å². The Kier molecular flexibility index (Phi) is 4.97. The molecule has 114 valence electrons. The molecule has 2 N–H and O–H groups in total. The third-order valence-electron chi connectivity index (χ3n) is 5.24. The summed E-state index contributed by atoms with van der Waals surface area (Å²) in [6.45, 7) is 2.29. The third-order valence-corrected chi connectivity index (χ3v) is 6.22. The van der Waals surface area contributed by atoms with Crippen LogP contribution in [-0.2, 0) is 0 Å². The van der Waals surface area contributed by atoms with Crippen LogP contribution in [-0.4, -0.2) is 0 Å². The van der Waals surface area contributed by atoms with Crippen LogP contribution in [0.4, 0.5) is 0 Å². The molecular weight excluding hydrogens is 274 g/mol. The first kappa shape index (κ1) is 15.1. The fraction of sp³-hybridized carbons (Fsp3) is 0.579.